The van der Waals surface area contributed by atoms with Gasteiger partial charge in [0.1, 0.15) is 17.3 Å². The monoisotopic (exact) mass is 339 g/mol. The van der Waals surface area contributed by atoms with Crippen molar-refractivity contribution in [1.82, 2.24) is 14.9 Å². The Balaban J connectivity index is 1.63. The summed E-state index contributed by atoms with van der Waals surface area (Å²) in [7, 11) is 1.65. The maximum atomic E-state index is 13.2. The van der Waals surface area contributed by atoms with Gasteiger partial charge in [0.05, 0.1) is 7.11 Å². The number of carbonyl (C=O) groups excluding carboxylic acids is 1. The van der Waals surface area contributed by atoms with Gasteiger partial charge >= 0.3 is 0 Å². The summed E-state index contributed by atoms with van der Waals surface area (Å²) in [6, 6.07) is 8.57. The van der Waals surface area contributed by atoms with Gasteiger partial charge in [-0.15, -0.1) is 0 Å². The summed E-state index contributed by atoms with van der Waals surface area (Å²) in [5, 5.41) is 0. The van der Waals surface area contributed by atoms with Crippen molar-refractivity contribution in [2.75, 3.05) is 7.11 Å². The molecule has 0 aliphatic heterocycles. The summed E-state index contributed by atoms with van der Waals surface area (Å²) in [4.78, 5) is 23.3. The lowest BCUT2D eigenvalue weighted by molar-refractivity contribution is 0.0658. The zero-order valence-electron chi connectivity index (χ0n) is 14.9. The highest BCUT2D eigenvalue weighted by Gasteiger charge is 2.39. The highest BCUT2D eigenvalue weighted by molar-refractivity contribution is 5.94. The largest absolute Gasteiger partial charge is 0.497 e. The van der Waals surface area contributed by atoms with Crippen molar-refractivity contribution >= 4 is 5.91 Å². The second-order valence-electron chi connectivity index (χ2n) is 7.17. The average Bonchev–Trinajstić information content (AvgIpc) is 3.16. The van der Waals surface area contributed by atoms with Crippen LogP contribution in [-0.4, -0.2) is 40.0 Å². The SMILES string of the molecule is COc1cccc(-c2nc(C(=O)N(C3CCCC3)C3CC3)c(C)[nH]2)c1. The number of methoxy groups -OCH3 is 1. The van der Waals surface area contributed by atoms with Gasteiger partial charge in [0.25, 0.3) is 5.91 Å². The molecule has 0 unspecified atom stereocenters. The number of nitrogens with one attached hydrogen (secondary N) is 1. The number of benzene rings is 1. The summed E-state index contributed by atoms with van der Waals surface area (Å²) < 4.78 is 5.29. The number of carbonyl (C=O) groups is 1. The van der Waals surface area contributed by atoms with E-state index in [1.165, 1.54) is 12.8 Å². The molecule has 1 aromatic heterocycles. The second-order valence-corrected chi connectivity index (χ2v) is 7.17. The minimum absolute atomic E-state index is 0.0947. The Morgan fingerprint density at radius 2 is 1.92 bits per heavy atom. The summed E-state index contributed by atoms with van der Waals surface area (Å²) in [6.45, 7) is 1.93. The molecule has 2 aromatic rings. The van der Waals surface area contributed by atoms with Crippen LogP contribution in [0.25, 0.3) is 11.4 Å². The smallest absolute Gasteiger partial charge is 0.274 e. The Labute approximate surface area is 148 Å². The topological polar surface area (TPSA) is 58.2 Å². The number of hydrogen-bond acceptors (Lipinski definition) is 3. The molecule has 4 rings (SSSR count). The van der Waals surface area contributed by atoms with Gasteiger partial charge in [0, 0.05) is 23.3 Å². The normalized spacial score (nSPS) is 17.7. The van der Waals surface area contributed by atoms with Gasteiger partial charge in [-0.05, 0) is 44.7 Å². The van der Waals surface area contributed by atoms with Crippen molar-refractivity contribution in [2.24, 2.45) is 0 Å². The van der Waals surface area contributed by atoms with Crippen molar-refractivity contribution in [2.45, 2.75) is 57.5 Å². The first-order chi connectivity index (χ1) is 12.2. The van der Waals surface area contributed by atoms with Gasteiger partial charge in [-0.25, -0.2) is 4.98 Å². The minimum Gasteiger partial charge on any atom is -0.497 e. The second kappa shape index (κ2) is 6.54. The Kier molecular flexibility index (Phi) is 4.24. The number of amides is 1. The number of imidazole rings is 1. The van der Waals surface area contributed by atoms with E-state index in [0.29, 0.717) is 17.8 Å². The molecule has 132 valence electrons. The molecule has 1 amide bonds. The van der Waals surface area contributed by atoms with E-state index in [-0.39, 0.29) is 5.91 Å². The third-order valence-electron chi connectivity index (χ3n) is 5.32. The standard InChI is InChI=1S/C20H25N3O2/c1-13-18(20(24)23(16-10-11-16)15-7-3-4-8-15)22-19(21-13)14-6-5-9-17(12-14)25-2/h5-6,9,12,15-16H,3-4,7-8,10-11H2,1-2H3,(H,21,22). The van der Waals surface area contributed by atoms with Crippen LogP contribution in [0, 0.1) is 6.92 Å². The molecule has 2 fully saturated rings. The van der Waals surface area contributed by atoms with Gasteiger partial charge in [-0.3, -0.25) is 4.79 Å². The van der Waals surface area contributed by atoms with Gasteiger partial charge in [0.2, 0.25) is 0 Å². The molecular formula is C20H25N3O2. The predicted molar refractivity (Wildman–Crippen MR) is 96.8 cm³/mol. The van der Waals surface area contributed by atoms with Crippen LogP contribution < -0.4 is 4.74 Å². The molecule has 2 aliphatic rings. The Morgan fingerprint density at radius 1 is 1.20 bits per heavy atom. The van der Waals surface area contributed by atoms with Crippen LogP contribution in [0.3, 0.4) is 0 Å². The zero-order chi connectivity index (χ0) is 17.4. The molecule has 5 nitrogen and oxygen atoms in total. The van der Waals surface area contributed by atoms with Gasteiger partial charge < -0.3 is 14.6 Å². The predicted octanol–water partition coefficient (Wildman–Crippen LogP) is 3.94. The summed E-state index contributed by atoms with van der Waals surface area (Å²) >= 11 is 0. The molecule has 1 aromatic carbocycles. The Hall–Kier alpha value is -2.30. The molecule has 1 N–H and O–H groups in total. The number of nitrogens with zero attached hydrogens (tertiary/aromatic N) is 2. The van der Waals surface area contributed by atoms with Crippen LogP contribution in [0.1, 0.15) is 54.7 Å². The number of H-pyrrole nitrogens is 1. The highest BCUT2D eigenvalue weighted by atomic mass is 16.5. The first-order valence-electron chi connectivity index (χ1n) is 9.21. The molecule has 25 heavy (non-hydrogen) atoms. The third-order valence-corrected chi connectivity index (χ3v) is 5.32. The van der Waals surface area contributed by atoms with E-state index in [2.05, 4.69) is 14.9 Å². The lowest BCUT2D eigenvalue weighted by atomic mass is 10.1. The molecule has 2 aliphatic carbocycles. The van der Waals surface area contributed by atoms with Gasteiger partial charge in [-0.1, -0.05) is 25.0 Å². The van der Waals surface area contributed by atoms with Crippen LogP contribution in [0.5, 0.6) is 5.75 Å². The first kappa shape index (κ1) is 16.2. The van der Waals surface area contributed by atoms with E-state index in [0.717, 1.165) is 48.5 Å². The van der Waals surface area contributed by atoms with Crippen LogP contribution in [0.4, 0.5) is 0 Å². The number of aromatic nitrogens is 2. The quantitative estimate of drug-likeness (QED) is 0.897. The van der Waals surface area contributed by atoms with E-state index < -0.39 is 0 Å². The van der Waals surface area contributed by atoms with E-state index in [9.17, 15) is 4.79 Å². The number of rotatable bonds is 5. The highest BCUT2D eigenvalue weighted by Crippen LogP contribution is 2.36. The van der Waals surface area contributed by atoms with E-state index >= 15 is 0 Å². The van der Waals surface area contributed by atoms with Crippen LogP contribution in [-0.2, 0) is 0 Å². The van der Waals surface area contributed by atoms with Crippen LogP contribution in [0.15, 0.2) is 24.3 Å². The minimum atomic E-state index is 0.0947. The number of hydrogen-bond donors (Lipinski definition) is 1. The lowest BCUT2D eigenvalue weighted by Gasteiger charge is -2.28. The van der Waals surface area contributed by atoms with Gasteiger partial charge in [0.15, 0.2) is 0 Å². The summed E-state index contributed by atoms with van der Waals surface area (Å²) in [5.41, 5.74) is 2.34. The summed E-state index contributed by atoms with van der Waals surface area (Å²) in [5.74, 6) is 1.60. The van der Waals surface area contributed by atoms with Crippen molar-refractivity contribution < 1.29 is 9.53 Å². The lowest BCUT2D eigenvalue weighted by Crippen LogP contribution is -2.41. The maximum absolute atomic E-state index is 13.2. The maximum Gasteiger partial charge on any atom is 0.274 e. The van der Waals surface area contributed by atoms with E-state index in [1.54, 1.807) is 7.11 Å². The number of ether oxygens (including phenoxy) is 1. The fraction of sp³-hybridized carbons (Fsp3) is 0.500. The van der Waals surface area contributed by atoms with Crippen LogP contribution in [0.2, 0.25) is 0 Å². The van der Waals surface area contributed by atoms with Gasteiger partial charge in [-0.2, -0.15) is 0 Å². The Bertz CT molecular complexity index is 773. The molecule has 1 heterocycles. The molecule has 2 saturated carbocycles. The fourth-order valence-electron chi connectivity index (χ4n) is 3.86. The molecule has 5 heteroatoms. The summed E-state index contributed by atoms with van der Waals surface area (Å²) in [6.07, 6.45) is 7.00. The average molecular weight is 339 g/mol. The molecular weight excluding hydrogens is 314 g/mol. The number of aryl methyl sites for hydroxylation is 1. The van der Waals surface area contributed by atoms with Crippen LogP contribution >= 0.6 is 0 Å². The fourth-order valence-corrected chi connectivity index (χ4v) is 3.86. The van der Waals surface area contributed by atoms with Crippen molar-refractivity contribution in [3.8, 4) is 17.1 Å². The first-order valence-corrected chi connectivity index (χ1v) is 9.21. The van der Waals surface area contributed by atoms with Crippen molar-refractivity contribution in [1.29, 1.82) is 0 Å². The molecule has 0 bridgehead atoms. The zero-order valence-corrected chi connectivity index (χ0v) is 14.9. The van der Waals surface area contributed by atoms with E-state index in [1.807, 2.05) is 31.2 Å². The van der Waals surface area contributed by atoms with Crippen molar-refractivity contribution in [3.63, 3.8) is 0 Å². The number of aromatic amines is 1. The molecule has 0 atom stereocenters. The molecule has 0 saturated heterocycles. The molecule has 0 radical (unpaired) electrons. The Morgan fingerprint density at radius 3 is 2.60 bits per heavy atom. The van der Waals surface area contributed by atoms with Crippen molar-refractivity contribution in [3.05, 3.63) is 35.7 Å². The third kappa shape index (κ3) is 3.15. The molecule has 0 spiro atoms. The van der Waals surface area contributed by atoms with E-state index in [4.69, 9.17) is 4.74 Å².